The van der Waals surface area contributed by atoms with Crippen LogP contribution < -0.4 is 0 Å². The lowest BCUT2D eigenvalue weighted by atomic mass is 9.97. The zero-order valence-electron chi connectivity index (χ0n) is 13.7. The largest absolute Gasteiger partial charge is 0.292 e. The molecule has 0 aromatic heterocycles. The lowest BCUT2D eigenvalue weighted by Gasteiger charge is -2.26. The van der Waals surface area contributed by atoms with Crippen molar-refractivity contribution < 1.29 is 0 Å². The van der Waals surface area contributed by atoms with Gasteiger partial charge in [-0.15, -0.1) is 0 Å². The first-order valence-electron chi connectivity index (χ1n) is 8.56. The van der Waals surface area contributed by atoms with Crippen molar-refractivity contribution in [1.29, 1.82) is 5.26 Å². The smallest absolute Gasteiger partial charge is 0.0991 e. The molecule has 0 N–H and O–H groups in total. The van der Waals surface area contributed by atoms with Crippen LogP contribution in [-0.2, 0) is 6.54 Å². The molecular formula is C22H20N2. The molecule has 2 heteroatoms. The number of likely N-dealkylation sites (tertiary alicyclic amines) is 1. The van der Waals surface area contributed by atoms with Crippen LogP contribution in [0.25, 0.3) is 10.8 Å². The summed E-state index contributed by atoms with van der Waals surface area (Å²) < 4.78 is 0. The van der Waals surface area contributed by atoms with E-state index in [1.807, 2.05) is 18.2 Å². The van der Waals surface area contributed by atoms with Crippen LogP contribution in [0.2, 0.25) is 0 Å². The number of hydrogen-bond donors (Lipinski definition) is 0. The van der Waals surface area contributed by atoms with Crippen LogP contribution in [0.3, 0.4) is 0 Å². The summed E-state index contributed by atoms with van der Waals surface area (Å²) >= 11 is 0. The molecule has 1 fully saturated rings. The summed E-state index contributed by atoms with van der Waals surface area (Å²) in [4.78, 5) is 2.55. The maximum absolute atomic E-state index is 9.11. The summed E-state index contributed by atoms with van der Waals surface area (Å²) in [5.74, 6) is 0. The SMILES string of the molecule is N#Cc1cccc(CN2CCC[C@H]2c2cccc3ccccc23)c1. The van der Waals surface area contributed by atoms with E-state index in [4.69, 9.17) is 5.26 Å². The van der Waals surface area contributed by atoms with Gasteiger partial charge >= 0.3 is 0 Å². The van der Waals surface area contributed by atoms with Crippen molar-refractivity contribution in [3.8, 4) is 6.07 Å². The Balaban J connectivity index is 1.66. The number of nitriles is 1. The van der Waals surface area contributed by atoms with Gasteiger partial charge in [0, 0.05) is 12.6 Å². The van der Waals surface area contributed by atoms with E-state index in [0.29, 0.717) is 6.04 Å². The third-order valence-electron chi connectivity index (χ3n) is 4.99. The van der Waals surface area contributed by atoms with Crippen molar-refractivity contribution in [3.63, 3.8) is 0 Å². The van der Waals surface area contributed by atoms with Gasteiger partial charge in [-0.05, 0) is 53.4 Å². The van der Waals surface area contributed by atoms with Gasteiger partial charge in [0.05, 0.1) is 11.6 Å². The number of fused-ring (bicyclic) bond motifs is 1. The molecule has 0 saturated carbocycles. The van der Waals surface area contributed by atoms with Crippen LogP contribution in [0.5, 0.6) is 0 Å². The Morgan fingerprint density at radius 2 is 1.83 bits per heavy atom. The Morgan fingerprint density at radius 1 is 1.00 bits per heavy atom. The van der Waals surface area contributed by atoms with Crippen LogP contribution in [0, 0.1) is 11.3 Å². The number of nitrogens with zero attached hydrogens (tertiary/aromatic N) is 2. The summed E-state index contributed by atoms with van der Waals surface area (Å²) in [6.07, 6.45) is 2.43. The fourth-order valence-corrected chi connectivity index (χ4v) is 3.88. The fraction of sp³-hybridized carbons (Fsp3) is 0.227. The molecule has 1 aliphatic rings. The molecule has 0 bridgehead atoms. The predicted octanol–water partition coefficient (Wildman–Crippen LogP) is 5.05. The van der Waals surface area contributed by atoms with Crippen LogP contribution >= 0.6 is 0 Å². The van der Waals surface area contributed by atoms with E-state index in [9.17, 15) is 0 Å². The molecule has 1 aliphatic heterocycles. The van der Waals surface area contributed by atoms with E-state index >= 15 is 0 Å². The van der Waals surface area contributed by atoms with Gasteiger partial charge in [-0.25, -0.2) is 0 Å². The highest BCUT2D eigenvalue weighted by atomic mass is 15.2. The Labute approximate surface area is 143 Å². The summed E-state index contributed by atoms with van der Waals surface area (Å²) in [7, 11) is 0. The summed E-state index contributed by atoms with van der Waals surface area (Å²) in [5, 5.41) is 11.8. The Morgan fingerprint density at radius 3 is 2.75 bits per heavy atom. The average Bonchev–Trinajstić information content (AvgIpc) is 3.09. The molecule has 0 spiro atoms. The van der Waals surface area contributed by atoms with Crippen LogP contribution in [0.1, 0.15) is 35.6 Å². The highest BCUT2D eigenvalue weighted by Crippen LogP contribution is 2.36. The molecule has 1 atom stereocenters. The molecule has 0 aliphatic carbocycles. The zero-order chi connectivity index (χ0) is 16.4. The molecule has 1 heterocycles. The van der Waals surface area contributed by atoms with Gasteiger partial charge in [-0.1, -0.05) is 54.6 Å². The van der Waals surface area contributed by atoms with Crippen molar-refractivity contribution in [2.75, 3.05) is 6.54 Å². The van der Waals surface area contributed by atoms with Gasteiger partial charge in [0.1, 0.15) is 0 Å². The average molecular weight is 312 g/mol. The molecule has 3 aromatic carbocycles. The summed E-state index contributed by atoms with van der Waals surface area (Å²) in [6.45, 7) is 2.02. The normalized spacial score (nSPS) is 17.9. The van der Waals surface area contributed by atoms with E-state index in [0.717, 1.165) is 18.7 Å². The van der Waals surface area contributed by atoms with Gasteiger partial charge < -0.3 is 0 Å². The van der Waals surface area contributed by atoms with Crippen LogP contribution in [0.15, 0.2) is 66.7 Å². The lowest BCUT2D eigenvalue weighted by Crippen LogP contribution is -2.23. The maximum atomic E-state index is 9.11. The summed E-state index contributed by atoms with van der Waals surface area (Å²) in [6, 6.07) is 26.0. The maximum Gasteiger partial charge on any atom is 0.0991 e. The minimum atomic E-state index is 0.460. The molecular weight excluding hydrogens is 292 g/mol. The highest BCUT2D eigenvalue weighted by molar-refractivity contribution is 5.86. The monoisotopic (exact) mass is 312 g/mol. The molecule has 118 valence electrons. The molecule has 0 amide bonds. The Bertz CT molecular complexity index is 902. The van der Waals surface area contributed by atoms with E-state index in [-0.39, 0.29) is 0 Å². The molecule has 0 unspecified atom stereocenters. The molecule has 3 aromatic rings. The summed E-state index contributed by atoms with van der Waals surface area (Å²) in [5.41, 5.74) is 3.40. The second kappa shape index (κ2) is 6.47. The Kier molecular flexibility index (Phi) is 4.02. The quantitative estimate of drug-likeness (QED) is 0.677. The van der Waals surface area contributed by atoms with Crippen molar-refractivity contribution in [2.45, 2.75) is 25.4 Å². The fourth-order valence-electron chi connectivity index (χ4n) is 3.88. The first-order valence-corrected chi connectivity index (χ1v) is 8.56. The van der Waals surface area contributed by atoms with E-state index in [2.05, 4.69) is 59.5 Å². The lowest BCUT2D eigenvalue weighted by molar-refractivity contribution is 0.250. The second-order valence-electron chi connectivity index (χ2n) is 6.51. The van der Waals surface area contributed by atoms with E-state index in [1.54, 1.807) is 0 Å². The molecule has 0 radical (unpaired) electrons. The first kappa shape index (κ1) is 14.9. The zero-order valence-corrected chi connectivity index (χ0v) is 13.7. The third kappa shape index (κ3) is 2.79. The number of rotatable bonds is 3. The van der Waals surface area contributed by atoms with Gasteiger partial charge in [0.15, 0.2) is 0 Å². The van der Waals surface area contributed by atoms with Crippen molar-refractivity contribution in [2.24, 2.45) is 0 Å². The Hall–Kier alpha value is -2.63. The van der Waals surface area contributed by atoms with Crippen molar-refractivity contribution >= 4 is 10.8 Å². The number of benzene rings is 3. The van der Waals surface area contributed by atoms with Crippen LogP contribution in [-0.4, -0.2) is 11.4 Å². The standard InChI is InChI=1S/C22H20N2/c23-15-17-6-3-7-18(14-17)16-24-13-5-12-22(24)21-11-4-9-19-8-1-2-10-20(19)21/h1-4,6-11,14,22H,5,12-13,16H2/t22-/m0/s1. The minimum Gasteiger partial charge on any atom is -0.292 e. The third-order valence-corrected chi connectivity index (χ3v) is 4.99. The van der Waals surface area contributed by atoms with Crippen molar-refractivity contribution in [1.82, 2.24) is 4.90 Å². The minimum absolute atomic E-state index is 0.460. The van der Waals surface area contributed by atoms with Crippen molar-refractivity contribution in [3.05, 3.63) is 83.4 Å². The number of hydrogen-bond acceptors (Lipinski definition) is 2. The van der Waals surface area contributed by atoms with E-state index < -0.39 is 0 Å². The van der Waals surface area contributed by atoms with Gasteiger partial charge in [0.2, 0.25) is 0 Å². The van der Waals surface area contributed by atoms with Gasteiger partial charge in [-0.2, -0.15) is 5.26 Å². The molecule has 4 rings (SSSR count). The molecule has 1 saturated heterocycles. The highest BCUT2D eigenvalue weighted by Gasteiger charge is 2.27. The topological polar surface area (TPSA) is 27.0 Å². The second-order valence-corrected chi connectivity index (χ2v) is 6.51. The predicted molar refractivity (Wildman–Crippen MR) is 97.5 cm³/mol. The van der Waals surface area contributed by atoms with E-state index in [1.165, 1.54) is 34.7 Å². The first-order chi connectivity index (χ1) is 11.8. The molecule has 2 nitrogen and oxygen atoms in total. The van der Waals surface area contributed by atoms with Crippen LogP contribution in [0.4, 0.5) is 0 Å². The van der Waals surface area contributed by atoms with Gasteiger partial charge in [-0.3, -0.25) is 4.90 Å². The molecule has 24 heavy (non-hydrogen) atoms. The van der Waals surface area contributed by atoms with Gasteiger partial charge in [0.25, 0.3) is 0 Å².